The number of aliphatic hydroxyl groups excluding tert-OH is 1. The number of aliphatic hydroxyl groups is 1. The Balaban J connectivity index is 5.16. The molecule has 0 saturated carbocycles. The minimum Gasteiger partial charge on any atom is -0.462 e. The fourth-order valence-corrected chi connectivity index (χ4v) is 11.4. The van der Waals surface area contributed by atoms with Gasteiger partial charge in [0.15, 0.2) is 12.2 Å². The number of phosphoric acid groups is 2. The van der Waals surface area contributed by atoms with Gasteiger partial charge >= 0.3 is 39.5 Å². The third-order valence-electron chi connectivity index (χ3n) is 15.1. The molecule has 0 aliphatic heterocycles. The Bertz CT molecular complexity index is 1620. The maximum Gasteiger partial charge on any atom is 0.472 e. The van der Waals surface area contributed by atoms with Crippen molar-refractivity contribution >= 4 is 39.5 Å². The molecule has 17 nitrogen and oxygen atoms in total. The van der Waals surface area contributed by atoms with Gasteiger partial charge in [-0.3, -0.25) is 37.3 Å². The maximum atomic E-state index is 13.0. The normalized spacial score (nSPS) is 14.1. The quantitative estimate of drug-likeness (QED) is 0.0222. The predicted molar refractivity (Wildman–Crippen MR) is 335 cm³/mol. The Morgan fingerprint density at radius 3 is 0.702 bits per heavy atom. The summed E-state index contributed by atoms with van der Waals surface area (Å²) in [6, 6.07) is 0. The van der Waals surface area contributed by atoms with E-state index in [-0.39, 0.29) is 25.7 Å². The molecule has 84 heavy (non-hydrogen) atoms. The fraction of sp³-hybridized carbons (Fsp3) is 0.938. The highest BCUT2D eigenvalue weighted by Gasteiger charge is 2.30. The molecule has 0 aliphatic rings. The van der Waals surface area contributed by atoms with Crippen molar-refractivity contribution in [2.45, 2.75) is 354 Å². The molecule has 0 radical (unpaired) electrons. The van der Waals surface area contributed by atoms with E-state index >= 15 is 0 Å². The van der Waals surface area contributed by atoms with Crippen molar-refractivity contribution < 1.29 is 80.2 Å². The molecule has 0 heterocycles. The molecule has 0 fully saturated rings. The average molecular weight is 1240 g/mol. The average Bonchev–Trinajstić information content (AvgIpc) is 3.58. The molecule has 3 N–H and O–H groups in total. The van der Waals surface area contributed by atoms with Crippen molar-refractivity contribution in [3.8, 4) is 0 Å². The van der Waals surface area contributed by atoms with E-state index < -0.39 is 97.5 Å². The van der Waals surface area contributed by atoms with Crippen LogP contribution in [0.5, 0.6) is 0 Å². The molecule has 0 aromatic heterocycles. The summed E-state index contributed by atoms with van der Waals surface area (Å²) < 4.78 is 67.9. The first-order valence-corrected chi connectivity index (χ1v) is 37.3. The van der Waals surface area contributed by atoms with Gasteiger partial charge in [-0.05, 0) is 25.7 Å². The second-order valence-corrected chi connectivity index (χ2v) is 26.4. The largest absolute Gasteiger partial charge is 0.472 e. The Kier molecular flexibility index (Phi) is 58.6. The number of esters is 4. The van der Waals surface area contributed by atoms with Crippen LogP contribution >= 0.6 is 15.6 Å². The van der Waals surface area contributed by atoms with E-state index in [4.69, 9.17) is 37.0 Å². The lowest BCUT2D eigenvalue weighted by Gasteiger charge is -2.21. The highest BCUT2D eigenvalue weighted by molar-refractivity contribution is 7.47. The zero-order valence-electron chi connectivity index (χ0n) is 53.9. The molecule has 19 heteroatoms. The number of carbonyl (C=O) groups is 4. The number of phosphoric ester groups is 2. The molecule has 0 amide bonds. The highest BCUT2D eigenvalue weighted by Crippen LogP contribution is 2.45. The lowest BCUT2D eigenvalue weighted by Crippen LogP contribution is -2.30. The number of unbranched alkanes of at least 4 members (excludes halogenated alkanes) is 40. The molecular formula is C65H126O17P2. The summed E-state index contributed by atoms with van der Waals surface area (Å²) >= 11 is 0. The number of hydrogen-bond acceptors (Lipinski definition) is 15. The van der Waals surface area contributed by atoms with Crippen LogP contribution in [-0.4, -0.2) is 96.7 Å². The first kappa shape index (κ1) is 82.1. The Labute approximate surface area is 511 Å². The Hall–Kier alpha value is -1.94. The minimum atomic E-state index is -4.94. The van der Waals surface area contributed by atoms with Crippen molar-refractivity contribution in [2.75, 3.05) is 39.6 Å². The van der Waals surface area contributed by atoms with Gasteiger partial charge < -0.3 is 33.8 Å². The van der Waals surface area contributed by atoms with Crippen LogP contribution in [0.1, 0.15) is 336 Å². The number of hydrogen-bond donors (Lipinski definition) is 3. The number of ether oxygens (including phenoxy) is 4. The maximum absolute atomic E-state index is 13.0. The van der Waals surface area contributed by atoms with Crippen LogP contribution in [0.4, 0.5) is 0 Å². The van der Waals surface area contributed by atoms with Gasteiger partial charge in [-0.25, -0.2) is 9.13 Å². The molecule has 2 unspecified atom stereocenters. The zero-order valence-corrected chi connectivity index (χ0v) is 55.7. The van der Waals surface area contributed by atoms with Crippen LogP contribution in [-0.2, 0) is 65.4 Å². The van der Waals surface area contributed by atoms with Crippen LogP contribution < -0.4 is 0 Å². The zero-order chi connectivity index (χ0) is 61.9. The summed E-state index contributed by atoms with van der Waals surface area (Å²) in [5, 5.41) is 10.5. The summed E-state index contributed by atoms with van der Waals surface area (Å²) in [7, 11) is -9.88. The molecule has 0 rings (SSSR count). The van der Waals surface area contributed by atoms with Crippen molar-refractivity contribution in [1.29, 1.82) is 0 Å². The number of carbonyl (C=O) groups excluding carboxylic acids is 4. The van der Waals surface area contributed by atoms with E-state index in [0.29, 0.717) is 25.7 Å². The van der Waals surface area contributed by atoms with E-state index in [0.717, 1.165) is 109 Å². The van der Waals surface area contributed by atoms with Gasteiger partial charge in [0.1, 0.15) is 19.3 Å². The van der Waals surface area contributed by atoms with Gasteiger partial charge in [-0.2, -0.15) is 0 Å². The van der Waals surface area contributed by atoms with Crippen molar-refractivity contribution in [3.05, 3.63) is 0 Å². The molecule has 498 valence electrons. The summed E-state index contributed by atoms with van der Waals surface area (Å²) in [6.45, 7) is 4.82. The van der Waals surface area contributed by atoms with Gasteiger partial charge in [-0.1, -0.05) is 285 Å². The van der Waals surface area contributed by atoms with Gasteiger partial charge in [-0.15, -0.1) is 0 Å². The third kappa shape index (κ3) is 59.0. The fourth-order valence-electron chi connectivity index (χ4n) is 9.81. The monoisotopic (exact) mass is 1240 g/mol. The van der Waals surface area contributed by atoms with Crippen molar-refractivity contribution in [1.82, 2.24) is 0 Å². The van der Waals surface area contributed by atoms with Crippen LogP contribution in [0.15, 0.2) is 0 Å². The second-order valence-electron chi connectivity index (χ2n) is 23.5. The number of rotatable bonds is 66. The molecule has 5 atom stereocenters. The molecule has 0 aromatic rings. The van der Waals surface area contributed by atoms with E-state index in [1.807, 2.05) is 0 Å². The predicted octanol–water partition coefficient (Wildman–Crippen LogP) is 18.3. The van der Waals surface area contributed by atoms with Crippen LogP contribution in [0.25, 0.3) is 0 Å². The molecule has 0 aromatic carbocycles. The lowest BCUT2D eigenvalue weighted by atomic mass is 10.0. The smallest absolute Gasteiger partial charge is 0.462 e. The molecule has 0 aliphatic carbocycles. The SMILES string of the molecule is CCCCCCCCCCCCCCCCCC(=O)OC[C@H](COP(=O)(O)OC[C@@H](O)COP(=O)(O)OC[C@@H](COC(=O)CCCCCCCC)OC(=O)CCCCCCCCCC)OC(=O)CCCCCCCCCCCCCCCCC. The lowest BCUT2D eigenvalue weighted by molar-refractivity contribution is -0.161. The standard InChI is InChI=1S/C65H126O17P2/c1-5-9-13-17-21-24-26-28-30-32-34-36-39-42-46-50-63(68)76-56-61(82-65(70)52-48-44-40-37-35-33-31-29-27-25-22-18-14-10-6-2)58-80-84(73,74)78-54-59(66)53-77-83(71,72)79-57-60(55-75-62(67)49-45-41-20-16-12-8-4)81-64(69)51-47-43-38-23-19-15-11-7-3/h59-61,66H,5-58H2,1-4H3,(H,71,72)(H,73,74)/t59-,60+,61+/m0/s1. The summed E-state index contributed by atoms with van der Waals surface area (Å²) in [4.78, 5) is 72.0. The first-order valence-electron chi connectivity index (χ1n) is 34.3. The topological polar surface area (TPSA) is 237 Å². The molecule has 0 saturated heterocycles. The van der Waals surface area contributed by atoms with Crippen molar-refractivity contribution in [3.63, 3.8) is 0 Å². The molecular weight excluding hydrogens is 1110 g/mol. The summed E-state index contributed by atoms with van der Waals surface area (Å²) in [6.07, 6.45) is 46.1. The first-order chi connectivity index (χ1) is 40.7. The molecule has 0 spiro atoms. The van der Waals surface area contributed by atoms with E-state index in [1.165, 1.54) is 148 Å². The van der Waals surface area contributed by atoms with Crippen LogP contribution in [0.3, 0.4) is 0 Å². The van der Waals surface area contributed by atoms with Crippen LogP contribution in [0, 0.1) is 0 Å². The van der Waals surface area contributed by atoms with E-state index in [9.17, 15) is 43.2 Å². The summed E-state index contributed by atoms with van der Waals surface area (Å²) in [5.41, 5.74) is 0. The van der Waals surface area contributed by atoms with Crippen molar-refractivity contribution in [2.24, 2.45) is 0 Å². The van der Waals surface area contributed by atoms with Gasteiger partial charge in [0.05, 0.1) is 26.4 Å². The second kappa shape index (κ2) is 60.0. The Morgan fingerprint density at radius 2 is 0.476 bits per heavy atom. The van der Waals surface area contributed by atoms with Gasteiger partial charge in [0.2, 0.25) is 0 Å². The molecule has 0 bridgehead atoms. The van der Waals surface area contributed by atoms with E-state index in [2.05, 4.69) is 27.7 Å². The summed E-state index contributed by atoms with van der Waals surface area (Å²) in [5.74, 6) is -2.14. The Morgan fingerprint density at radius 1 is 0.286 bits per heavy atom. The highest BCUT2D eigenvalue weighted by atomic mass is 31.2. The van der Waals surface area contributed by atoms with Gasteiger partial charge in [0, 0.05) is 25.7 Å². The minimum absolute atomic E-state index is 0.105. The van der Waals surface area contributed by atoms with E-state index in [1.54, 1.807) is 0 Å². The third-order valence-corrected chi connectivity index (χ3v) is 17.0. The van der Waals surface area contributed by atoms with Crippen LogP contribution in [0.2, 0.25) is 0 Å². The van der Waals surface area contributed by atoms with Gasteiger partial charge in [0.25, 0.3) is 0 Å².